The van der Waals surface area contributed by atoms with Gasteiger partial charge < -0.3 is 11.8 Å². The summed E-state index contributed by atoms with van der Waals surface area (Å²) < 4.78 is 0. The summed E-state index contributed by atoms with van der Waals surface area (Å²) in [6.07, 6.45) is 0. The molecule has 0 saturated heterocycles. The molecular formula is C19H15NP-. The maximum Gasteiger partial charge on any atom is -0.0134 e. The molecule has 3 aromatic rings. The molecule has 0 fully saturated rings. The Hall–Kier alpha value is -2.42. The number of rotatable bonds is 3. The van der Waals surface area contributed by atoms with Gasteiger partial charge in [-0.15, -0.1) is 0 Å². The van der Waals surface area contributed by atoms with Crippen molar-refractivity contribution in [1.82, 2.24) is 0 Å². The fraction of sp³-hybridized carbons (Fsp3) is 0. The number of hydrogen-bond donors (Lipinski definition) is 0. The van der Waals surface area contributed by atoms with Gasteiger partial charge in [0.25, 0.3) is 0 Å². The second-order valence-corrected chi connectivity index (χ2v) is 6.56. The smallest absolute Gasteiger partial charge is 0.0134 e. The predicted molar refractivity (Wildman–Crippen MR) is 90.1 cm³/mol. The fourth-order valence-corrected chi connectivity index (χ4v) is 4.48. The van der Waals surface area contributed by atoms with Gasteiger partial charge in [0.2, 0.25) is 0 Å². The highest BCUT2D eigenvalue weighted by atomic mass is 31.1. The molecule has 0 radical (unpaired) electrons. The van der Waals surface area contributed by atoms with Crippen LogP contribution in [0.4, 0.5) is 0 Å². The highest BCUT2D eigenvalue weighted by Gasteiger charge is 2.14. The lowest BCUT2D eigenvalue weighted by atomic mass is 10.4. The van der Waals surface area contributed by atoms with E-state index >= 15 is 0 Å². The van der Waals surface area contributed by atoms with Crippen molar-refractivity contribution in [3.8, 4) is 0 Å². The maximum absolute atomic E-state index is 6.25. The summed E-state index contributed by atoms with van der Waals surface area (Å²) in [5, 5.41) is 10.4. The van der Waals surface area contributed by atoms with Crippen LogP contribution in [0.1, 0.15) is 0 Å². The first-order valence-electron chi connectivity index (χ1n) is 6.63. The van der Waals surface area contributed by atoms with Crippen LogP contribution in [-0.4, -0.2) is 0 Å². The van der Waals surface area contributed by atoms with Gasteiger partial charge in [0.15, 0.2) is 0 Å². The van der Waals surface area contributed by atoms with Crippen molar-refractivity contribution in [3.05, 3.63) is 97.6 Å². The van der Waals surface area contributed by atoms with E-state index < -0.39 is 7.92 Å². The van der Waals surface area contributed by atoms with Crippen molar-refractivity contribution < 1.29 is 0 Å². The Labute approximate surface area is 127 Å². The molecule has 0 spiro atoms. The van der Waals surface area contributed by atoms with Crippen LogP contribution in [0, 0.1) is 11.8 Å². The summed E-state index contributed by atoms with van der Waals surface area (Å²) in [6, 6.07) is 32.3. The Morgan fingerprint density at radius 3 is 0.952 bits per heavy atom. The molecule has 0 saturated carbocycles. The molecule has 0 bridgehead atoms. The molecule has 0 unspecified atom stereocenters. The maximum atomic E-state index is 6.25. The molecule has 21 heavy (non-hydrogen) atoms. The zero-order chi connectivity index (χ0) is 14.9. The van der Waals surface area contributed by atoms with Crippen molar-refractivity contribution in [2.45, 2.75) is 0 Å². The van der Waals surface area contributed by atoms with Crippen molar-refractivity contribution in [2.24, 2.45) is 0 Å². The molecule has 1 nitrogen and oxygen atoms in total. The summed E-state index contributed by atoms with van der Waals surface area (Å²) in [5.41, 5.74) is 0. The molecule has 0 aliphatic carbocycles. The predicted octanol–water partition coefficient (Wildman–Crippen LogP) is 3.54. The first-order chi connectivity index (χ1) is 10.4. The van der Waals surface area contributed by atoms with Crippen molar-refractivity contribution in [3.63, 3.8) is 0 Å². The largest absolute Gasteiger partial charge is 0.512 e. The first kappa shape index (κ1) is 15.0. The molecule has 3 rings (SSSR count). The van der Waals surface area contributed by atoms with Crippen LogP contribution in [-0.2, 0) is 0 Å². The van der Waals surface area contributed by atoms with Gasteiger partial charge in [0.05, 0.1) is 0 Å². The highest BCUT2D eigenvalue weighted by Crippen LogP contribution is 2.32. The molecule has 0 atom stereocenters. The minimum absolute atomic E-state index is 0.446. The lowest BCUT2D eigenvalue weighted by Crippen LogP contribution is -2.20. The molecule has 102 valence electrons. The Kier molecular flexibility index (Phi) is 5.71. The molecule has 0 aliphatic rings. The van der Waals surface area contributed by atoms with Crippen LogP contribution in [0.2, 0.25) is 0 Å². The second-order valence-electron chi connectivity index (χ2n) is 4.34. The zero-order valence-electron chi connectivity index (χ0n) is 11.6. The van der Waals surface area contributed by atoms with Crippen molar-refractivity contribution in [2.75, 3.05) is 0 Å². The normalized spacial score (nSPS) is 9.67. The quantitative estimate of drug-likeness (QED) is 0.534. The first-order valence-corrected chi connectivity index (χ1v) is 7.97. The second kappa shape index (κ2) is 8.00. The van der Waals surface area contributed by atoms with Crippen LogP contribution >= 0.6 is 7.92 Å². The zero-order valence-corrected chi connectivity index (χ0v) is 12.4. The monoisotopic (exact) mass is 288 g/mol. The highest BCUT2D eigenvalue weighted by molar-refractivity contribution is 7.79. The van der Waals surface area contributed by atoms with Gasteiger partial charge in [-0.3, -0.25) is 0 Å². The fourth-order valence-electron chi connectivity index (χ4n) is 2.18. The van der Waals surface area contributed by atoms with Crippen LogP contribution in [0.25, 0.3) is 0 Å². The van der Waals surface area contributed by atoms with E-state index in [9.17, 15) is 0 Å². The Balaban J connectivity index is 0.000000774. The van der Waals surface area contributed by atoms with Crippen molar-refractivity contribution >= 4 is 23.8 Å². The molecule has 2 heteroatoms. The standard InChI is InChI=1S/C18H15P.CN/c1-4-10-16(11-5-1)19(17-12-6-2-7-13-17)18-14-8-3-9-15-18;1-2/h1-15H;/q;-1. The summed E-state index contributed by atoms with van der Waals surface area (Å²) in [6.45, 7) is 4.75. The topological polar surface area (TPSA) is 23.8 Å². The van der Waals surface area contributed by atoms with E-state index in [1.807, 2.05) is 0 Å². The Bertz CT molecular complexity index is 569. The molecule has 0 amide bonds. The summed E-state index contributed by atoms with van der Waals surface area (Å²) in [4.78, 5) is 0. The molecule has 0 N–H and O–H groups in total. The van der Waals surface area contributed by atoms with E-state index in [1.165, 1.54) is 15.9 Å². The van der Waals surface area contributed by atoms with E-state index in [1.54, 1.807) is 0 Å². The minimum atomic E-state index is -0.446. The van der Waals surface area contributed by atoms with Gasteiger partial charge in [0, 0.05) is 0 Å². The molecule has 0 aromatic heterocycles. The SMILES string of the molecule is [C-]#N.c1ccc(P(c2ccccc2)c2ccccc2)cc1. The molecule has 3 aromatic carbocycles. The van der Waals surface area contributed by atoms with E-state index in [0.29, 0.717) is 0 Å². The third kappa shape index (κ3) is 3.78. The van der Waals surface area contributed by atoms with Gasteiger partial charge >= 0.3 is 0 Å². The Morgan fingerprint density at radius 2 is 0.714 bits per heavy atom. The van der Waals surface area contributed by atoms with E-state index in [2.05, 4.69) is 91.0 Å². The van der Waals surface area contributed by atoms with E-state index in [0.717, 1.165) is 0 Å². The third-order valence-electron chi connectivity index (χ3n) is 3.04. The minimum Gasteiger partial charge on any atom is -0.512 e. The van der Waals surface area contributed by atoms with Crippen LogP contribution in [0.3, 0.4) is 0 Å². The van der Waals surface area contributed by atoms with Gasteiger partial charge in [-0.05, 0) is 23.8 Å². The number of hydrogen-bond acceptors (Lipinski definition) is 1. The molecule has 0 heterocycles. The number of nitrogens with zero attached hydrogens (tertiary/aromatic N) is 1. The Morgan fingerprint density at radius 1 is 0.476 bits per heavy atom. The summed E-state index contributed by atoms with van der Waals surface area (Å²) in [7, 11) is -0.446. The lowest BCUT2D eigenvalue weighted by Gasteiger charge is -2.18. The van der Waals surface area contributed by atoms with Gasteiger partial charge in [-0.2, -0.15) is 0 Å². The van der Waals surface area contributed by atoms with Crippen LogP contribution < -0.4 is 15.9 Å². The average Bonchev–Trinajstić information content (AvgIpc) is 2.60. The van der Waals surface area contributed by atoms with Gasteiger partial charge in [-0.25, -0.2) is 0 Å². The molecule has 0 aliphatic heterocycles. The molecular weight excluding hydrogens is 273 g/mol. The summed E-state index contributed by atoms with van der Waals surface area (Å²) >= 11 is 0. The average molecular weight is 288 g/mol. The van der Waals surface area contributed by atoms with Crippen LogP contribution in [0.15, 0.2) is 91.0 Å². The third-order valence-corrected chi connectivity index (χ3v) is 5.49. The summed E-state index contributed by atoms with van der Waals surface area (Å²) in [5.74, 6) is 0. The number of benzene rings is 3. The van der Waals surface area contributed by atoms with E-state index in [4.69, 9.17) is 11.8 Å². The van der Waals surface area contributed by atoms with Gasteiger partial charge in [-0.1, -0.05) is 91.0 Å². The van der Waals surface area contributed by atoms with Crippen molar-refractivity contribution in [1.29, 1.82) is 5.26 Å². The lowest BCUT2D eigenvalue weighted by molar-refractivity contribution is 1.53. The van der Waals surface area contributed by atoms with Crippen LogP contribution in [0.5, 0.6) is 0 Å². The van der Waals surface area contributed by atoms with E-state index in [-0.39, 0.29) is 0 Å². The van der Waals surface area contributed by atoms with Gasteiger partial charge in [0.1, 0.15) is 0 Å².